The molecule has 20 heavy (non-hydrogen) atoms. The molecule has 0 saturated heterocycles. The molecule has 0 aliphatic rings. The number of nitrogens with zero attached hydrogens (tertiary/aromatic N) is 3. The smallest absolute Gasteiger partial charge is 0.313 e. The largest absolute Gasteiger partial charge is 0.496 e. The summed E-state index contributed by atoms with van der Waals surface area (Å²) in [6.07, 6.45) is 1.07. The van der Waals surface area contributed by atoms with Crippen molar-refractivity contribution in [2.45, 2.75) is 0 Å². The van der Waals surface area contributed by atoms with Gasteiger partial charge in [-0.15, -0.1) is 0 Å². The van der Waals surface area contributed by atoms with E-state index in [4.69, 9.17) is 4.74 Å². The van der Waals surface area contributed by atoms with E-state index < -0.39 is 10.7 Å². The number of hydrogen-bond acceptors (Lipinski definition) is 6. The molecular weight excluding hydrogens is 267 g/mol. The van der Waals surface area contributed by atoms with E-state index in [-0.39, 0.29) is 28.6 Å². The van der Waals surface area contributed by atoms with Crippen molar-refractivity contribution in [1.82, 2.24) is 9.97 Å². The molecule has 1 aromatic carbocycles. The summed E-state index contributed by atoms with van der Waals surface area (Å²) in [6.45, 7) is 0. The highest BCUT2D eigenvalue weighted by Crippen LogP contribution is 2.35. The lowest BCUT2D eigenvalue weighted by Gasteiger charge is -2.09. The molecule has 0 saturated carbocycles. The molecule has 0 atom stereocenters. The number of hydrogen-bond donors (Lipinski definition) is 1. The number of halogens is 1. The predicted molar refractivity (Wildman–Crippen MR) is 70.2 cm³/mol. The van der Waals surface area contributed by atoms with Crippen molar-refractivity contribution in [3.8, 4) is 17.0 Å². The summed E-state index contributed by atoms with van der Waals surface area (Å²) >= 11 is 0. The summed E-state index contributed by atoms with van der Waals surface area (Å²) < 4.78 is 18.5. The number of benzene rings is 1. The van der Waals surface area contributed by atoms with E-state index in [0.717, 1.165) is 12.3 Å². The van der Waals surface area contributed by atoms with Crippen LogP contribution in [-0.2, 0) is 0 Å². The summed E-state index contributed by atoms with van der Waals surface area (Å²) in [7, 11) is 2.97. The molecule has 0 amide bonds. The van der Waals surface area contributed by atoms with Crippen LogP contribution in [0.4, 0.5) is 16.0 Å². The minimum atomic E-state index is -0.626. The van der Waals surface area contributed by atoms with Crippen molar-refractivity contribution in [2.24, 2.45) is 0 Å². The van der Waals surface area contributed by atoms with Gasteiger partial charge in [-0.05, 0) is 18.2 Å². The monoisotopic (exact) mass is 278 g/mol. The number of anilines is 1. The van der Waals surface area contributed by atoms with Crippen LogP contribution in [-0.4, -0.2) is 29.0 Å². The zero-order chi connectivity index (χ0) is 14.7. The maximum Gasteiger partial charge on any atom is 0.313 e. The quantitative estimate of drug-likeness (QED) is 0.681. The number of methoxy groups -OCH3 is 1. The minimum absolute atomic E-state index is 0.00861. The van der Waals surface area contributed by atoms with Crippen LogP contribution in [0.5, 0.6) is 5.75 Å². The maximum absolute atomic E-state index is 13.4. The van der Waals surface area contributed by atoms with E-state index in [1.54, 1.807) is 7.05 Å². The molecule has 0 aliphatic carbocycles. The molecule has 0 radical (unpaired) electrons. The second-order valence-electron chi connectivity index (χ2n) is 3.78. The first-order valence-electron chi connectivity index (χ1n) is 5.60. The minimum Gasteiger partial charge on any atom is -0.496 e. The summed E-state index contributed by atoms with van der Waals surface area (Å²) in [5.41, 5.74) is -0.142. The van der Waals surface area contributed by atoms with Gasteiger partial charge in [0.15, 0.2) is 5.69 Å². The Morgan fingerprint density at radius 3 is 2.80 bits per heavy atom. The van der Waals surface area contributed by atoms with E-state index in [9.17, 15) is 14.5 Å². The van der Waals surface area contributed by atoms with Crippen molar-refractivity contribution < 1.29 is 14.1 Å². The Balaban J connectivity index is 2.72. The molecule has 1 heterocycles. The van der Waals surface area contributed by atoms with Gasteiger partial charge in [-0.25, -0.2) is 14.4 Å². The molecule has 0 spiro atoms. The first kappa shape index (κ1) is 13.7. The Hall–Kier alpha value is -2.77. The molecule has 1 N–H and O–H groups in total. The number of nitro groups is 1. The first-order valence-corrected chi connectivity index (χ1v) is 5.60. The highest BCUT2D eigenvalue weighted by molar-refractivity contribution is 5.75. The van der Waals surface area contributed by atoms with Gasteiger partial charge in [-0.3, -0.25) is 10.1 Å². The molecule has 0 unspecified atom stereocenters. The Labute approximate surface area is 113 Å². The van der Waals surface area contributed by atoms with Gasteiger partial charge in [-0.1, -0.05) is 0 Å². The highest BCUT2D eigenvalue weighted by atomic mass is 19.1. The van der Waals surface area contributed by atoms with Crippen molar-refractivity contribution in [1.29, 1.82) is 0 Å². The first-order chi connectivity index (χ1) is 9.56. The fourth-order valence-electron chi connectivity index (χ4n) is 1.69. The van der Waals surface area contributed by atoms with Gasteiger partial charge in [0, 0.05) is 7.05 Å². The predicted octanol–water partition coefficient (Wildman–Crippen LogP) is 2.24. The number of ether oxygens (including phenoxy) is 1. The molecule has 0 fully saturated rings. The van der Waals surface area contributed by atoms with Crippen LogP contribution in [0, 0.1) is 15.9 Å². The van der Waals surface area contributed by atoms with Gasteiger partial charge in [0.05, 0.1) is 17.6 Å². The zero-order valence-corrected chi connectivity index (χ0v) is 10.8. The van der Waals surface area contributed by atoms with Gasteiger partial charge >= 0.3 is 5.69 Å². The molecule has 2 rings (SSSR count). The second kappa shape index (κ2) is 5.47. The van der Waals surface area contributed by atoms with Crippen LogP contribution in [0.15, 0.2) is 24.4 Å². The Morgan fingerprint density at radius 2 is 2.20 bits per heavy atom. The van der Waals surface area contributed by atoms with Gasteiger partial charge in [0.1, 0.15) is 17.8 Å². The van der Waals surface area contributed by atoms with E-state index in [1.807, 2.05) is 0 Å². The maximum atomic E-state index is 13.4. The average molecular weight is 278 g/mol. The highest BCUT2D eigenvalue weighted by Gasteiger charge is 2.22. The van der Waals surface area contributed by atoms with E-state index in [2.05, 4.69) is 15.3 Å². The Bertz CT molecular complexity index is 663. The lowest BCUT2D eigenvalue weighted by atomic mass is 10.1. The van der Waals surface area contributed by atoms with Gasteiger partial charge in [0.25, 0.3) is 0 Å². The van der Waals surface area contributed by atoms with Gasteiger partial charge in [0.2, 0.25) is 5.95 Å². The normalized spacial score (nSPS) is 10.2. The Morgan fingerprint density at radius 1 is 1.45 bits per heavy atom. The lowest BCUT2D eigenvalue weighted by molar-refractivity contribution is -0.384. The van der Waals surface area contributed by atoms with Gasteiger partial charge in [-0.2, -0.15) is 0 Å². The van der Waals surface area contributed by atoms with Crippen molar-refractivity contribution in [3.63, 3.8) is 0 Å². The second-order valence-corrected chi connectivity index (χ2v) is 3.78. The van der Waals surface area contributed by atoms with Crippen LogP contribution < -0.4 is 10.1 Å². The third-order valence-corrected chi connectivity index (χ3v) is 2.61. The number of aromatic nitrogens is 2. The molecule has 8 heteroatoms. The van der Waals surface area contributed by atoms with Crippen LogP contribution in [0.25, 0.3) is 11.3 Å². The number of nitrogens with one attached hydrogen (secondary N) is 1. The van der Waals surface area contributed by atoms with Crippen LogP contribution in [0.3, 0.4) is 0 Å². The molecular formula is C12H11FN4O3. The number of rotatable bonds is 4. The van der Waals surface area contributed by atoms with Crippen LogP contribution in [0.1, 0.15) is 0 Å². The summed E-state index contributed by atoms with van der Waals surface area (Å²) in [5, 5.41) is 13.7. The molecule has 104 valence electrons. The third kappa shape index (κ3) is 2.48. The van der Waals surface area contributed by atoms with E-state index >= 15 is 0 Å². The molecule has 1 aromatic heterocycles. The molecule has 7 nitrogen and oxygen atoms in total. The topological polar surface area (TPSA) is 90.2 Å². The summed E-state index contributed by atoms with van der Waals surface area (Å²) in [6, 6.07) is 3.72. The summed E-state index contributed by atoms with van der Waals surface area (Å²) in [5.74, 6) is -0.0631. The lowest BCUT2D eigenvalue weighted by Crippen LogP contribution is -2.02. The van der Waals surface area contributed by atoms with Crippen molar-refractivity contribution >= 4 is 11.6 Å². The zero-order valence-electron chi connectivity index (χ0n) is 10.8. The van der Waals surface area contributed by atoms with Crippen molar-refractivity contribution in [2.75, 3.05) is 19.5 Å². The van der Waals surface area contributed by atoms with E-state index in [0.29, 0.717) is 0 Å². The molecule has 0 aliphatic heterocycles. The Kier molecular flexibility index (Phi) is 3.74. The third-order valence-electron chi connectivity index (χ3n) is 2.61. The van der Waals surface area contributed by atoms with Crippen LogP contribution in [0.2, 0.25) is 0 Å². The SMILES string of the molecule is CNc1ncc([N+](=O)[O-])c(-c2cc(F)ccc2OC)n1. The molecule has 0 bridgehead atoms. The van der Waals surface area contributed by atoms with E-state index in [1.165, 1.54) is 19.2 Å². The van der Waals surface area contributed by atoms with Gasteiger partial charge < -0.3 is 10.1 Å². The fourth-order valence-corrected chi connectivity index (χ4v) is 1.69. The average Bonchev–Trinajstić information content (AvgIpc) is 2.46. The fraction of sp³-hybridized carbons (Fsp3) is 0.167. The summed E-state index contributed by atoms with van der Waals surface area (Å²) in [4.78, 5) is 18.2. The van der Waals surface area contributed by atoms with Crippen molar-refractivity contribution in [3.05, 3.63) is 40.3 Å². The molecule has 2 aromatic rings. The standard InChI is InChI=1S/C12H11FN4O3/c1-14-12-15-6-9(17(18)19)11(16-12)8-5-7(13)3-4-10(8)20-2/h3-6H,1-2H3,(H,14,15,16). The van der Waals surface area contributed by atoms with Crippen LogP contribution >= 0.6 is 0 Å².